The van der Waals surface area contributed by atoms with Gasteiger partial charge in [0.05, 0.1) is 6.20 Å². The molecule has 20 heavy (non-hydrogen) atoms. The summed E-state index contributed by atoms with van der Waals surface area (Å²) >= 11 is 3.49. The van der Waals surface area contributed by atoms with Crippen molar-refractivity contribution in [1.82, 2.24) is 0 Å². The molecule has 1 aromatic carbocycles. The zero-order valence-corrected chi connectivity index (χ0v) is 13.1. The van der Waals surface area contributed by atoms with Crippen molar-refractivity contribution in [3.63, 3.8) is 0 Å². The number of piperazine rings is 1. The van der Waals surface area contributed by atoms with Crippen LogP contribution in [0.1, 0.15) is 5.56 Å². The van der Waals surface area contributed by atoms with Gasteiger partial charge < -0.3 is 4.90 Å². The molecule has 2 heterocycles. The average molecular weight is 334 g/mol. The van der Waals surface area contributed by atoms with Crippen molar-refractivity contribution in [1.29, 1.82) is 0 Å². The summed E-state index contributed by atoms with van der Waals surface area (Å²) in [6.07, 6.45) is 2.00. The van der Waals surface area contributed by atoms with Gasteiger partial charge in [-0.1, -0.05) is 34.1 Å². The lowest BCUT2D eigenvalue weighted by Crippen LogP contribution is -3.13. The number of quaternary nitrogens is 1. The van der Waals surface area contributed by atoms with E-state index in [1.54, 1.807) is 4.90 Å². The topological polar surface area (TPSA) is 21.8 Å². The molecule has 3 rings (SSSR count). The number of benzene rings is 1. The summed E-state index contributed by atoms with van der Waals surface area (Å²) in [5.74, 6) is 1.23. The van der Waals surface area contributed by atoms with Crippen LogP contribution in [0.5, 0.6) is 0 Å². The molecular weight excluding hydrogens is 314 g/mol. The van der Waals surface area contributed by atoms with Crippen molar-refractivity contribution in [3.05, 3.63) is 58.7 Å². The number of pyridine rings is 1. The summed E-state index contributed by atoms with van der Waals surface area (Å²) in [7, 11) is 0. The van der Waals surface area contributed by atoms with E-state index in [0.29, 0.717) is 0 Å². The number of aromatic amines is 1. The molecule has 0 aliphatic carbocycles. The van der Waals surface area contributed by atoms with Crippen LogP contribution in [0.2, 0.25) is 0 Å². The van der Waals surface area contributed by atoms with E-state index in [9.17, 15) is 0 Å². The SMILES string of the molecule is Brc1ccc(C[NH+]2CCN(c3cccc[nH+]3)CC2)cc1. The maximum atomic E-state index is 3.49. The lowest BCUT2D eigenvalue weighted by Gasteiger charge is -2.28. The quantitative estimate of drug-likeness (QED) is 0.894. The Morgan fingerprint density at radius 3 is 2.45 bits per heavy atom. The van der Waals surface area contributed by atoms with Gasteiger partial charge in [0.1, 0.15) is 32.7 Å². The van der Waals surface area contributed by atoms with Crippen LogP contribution in [0, 0.1) is 0 Å². The third-order valence-corrected chi connectivity index (χ3v) is 4.40. The van der Waals surface area contributed by atoms with Gasteiger partial charge in [-0.05, 0) is 18.2 Å². The van der Waals surface area contributed by atoms with Gasteiger partial charge >= 0.3 is 0 Å². The highest BCUT2D eigenvalue weighted by Crippen LogP contribution is 2.10. The molecule has 1 saturated heterocycles. The summed E-state index contributed by atoms with van der Waals surface area (Å²) in [5.41, 5.74) is 1.42. The van der Waals surface area contributed by atoms with Gasteiger partial charge in [-0.15, -0.1) is 0 Å². The summed E-state index contributed by atoms with van der Waals surface area (Å²) in [4.78, 5) is 7.42. The van der Waals surface area contributed by atoms with Gasteiger partial charge in [0.2, 0.25) is 0 Å². The standard InChI is InChI=1S/C16H18BrN3/c17-15-6-4-14(5-7-15)13-19-9-11-20(12-10-19)16-3-1-2-8-18-16/h1-8H,9-13H2/p+2. The first kappa shape index (κ1) is 13.6. The Hall–Kier alpha value is -1.39. The molecule has 1 aromatic heterocycles. The van der Waals surface area contributed by atoms with E-state index in [1.165, 1.54) is 24.5 Å². The third kappa shape index (κ3) is 3.38. The molecule has 0 amide bonds. The predicted octanol–water partition coefficient (Wildman–Crippen LogP) is 1.17. The molecule has 4 heteroatoms. The molecule has 2 aromatic rings. The Balaban J connectivity index is 1.55. The molecule has 0 bridgehead atoms. The molecule has 1 aliphatic heterocycles. The highest BCUT2D eigenvalue weighted by molar-refractivity contribution is 9.10. The second-order valence-electron chi connectivity index (χ2n) is 5.29. The van der Waals surface area contributed by atoms with E-state index >= 15 is 0 Å². The third-order valence-electron chi connectivity index (χ3n) is 3.87. The first-order valence-corrected chi connectivity index (χ1v) is 7.90. The van der Waals surface area contributed by atoms with E-state index in [4.69, 9.17) is 0 Å². The zero-order valence-electron chi connectivity index (χ0n) is 11.5. The van der Waals surface area contributed by atoms with Gasteiger partial charge in [0.15, 0.2) is 0 Å². The van der Waals surface area contributed by atoms with Crippen molar-refractivity contribution in [2.45, 2.75) is 6.54 Å². The Labute approximate surface area is 128 Å². The molecule has 0 spiro atoms. The Bertz CT molecular complexity index is 533. The van der Waals surface area contributed by atoms with Gasteiger partial charge in [-0.3, -0.25) is 4.90 Å². The number of hydrogen-bond acceptors (Lipinski definition) is 1. The van der Waals surface area contributed by atoms with Gasteiger partial charge in [-0.25, -0.2) is 4.98 Å². The number of anilines is 1. The molecule has 1 aliphatic rings. The minimum absolute atomic E-state index is 1.12. The van der Waals surface area contributed by atoms with Crippen LogP contribution in [-0.4, -0.2) is 26.2 Å². The van der Waals surface area contributed by atoms with Crippen LogP contribution >= 0.6 is 15.9 Å². The largest absolute Gasteiger partial charge is 0.325 e. The van der Waals surface area contributed by atoms with Crippen LogP contribution in [0.4, 0.5) is 5.82 Å². The zero-order chi connectivity index (χ0) is 13.8. The van der Waals surface area contributed by atoms with Crippen LogP contribution in [0.15, 0.2) is 53.1 Å². The van der Waals surface area contributed by atoms with E-state index in [0.717, 1.165) is 24.1 Å². The number of hydrogen-bond donors (Lipinski definition) is 1. The summed E-state index contributed by atoms with van der Waals surface area (Å²) in [5, 5.41) is 0. The summed E-state index contributed by atoms with van der Waals surface area (Å²) in [6.45, 7) is 5.75. The number of H-pyrrole nitrogens is 1. The minimum Gasteiger partial charge on any atom is -0.325 e. The molecular formula is C16H20BrN3+2. The van der Waals surface area contributed by atoms with E-state index in [1.807, 2.05) is 12.3 Å². The maximum absolute atomic E-state index is 3.49. The van der Waals surface area contributed by atoms with Crippen molar-refractivity contribution in [2.24, 2.45) is 0 Å². The lowest BCUT2D eigenvalue weighted by molar-refractivity contribution is -0.914. The highest BCUT2D eigenvalue weighted by Gasteiger charge is 2.25. The van der Waals surface area contributed by atoms with Crippen LogP contribution in [-0.2, 0) is 6.54 Å². The molecule has 0 unspecified atom stereocenters. The normalized spacial score (nSPS) is 16.4. The molecule has 3 nitrogen and oxygen atoms in total. The monoisotopic (exact) mass is 333 g/mol. The molecule has 0 radical (unpaired) electrons. The maximum Gasteiger partial charge on any atom is 0.274 e. The van der Waals surface area contributed by atoms with E-state index in [-0.39, 0.29) is 0 Å². The number of aromatic nitrogens is 1. The summed E-state index contributed by atoms with van der Waals surface area (Å²) in [6, 6.07) is 15.0. The van der Waals surface area contributed by atoms with E-state index < -0.39 is 0 Å². The fourth-order valence-electron chi connectivity index (χ4n) is 2.71. The fourth-order valence-corrected chi connectivity index (χ4v) is 2.98. The fraction of sp³-hybridized carbons (Fsp3) is 0.312. The van der Waals surface area contributed by atoms with Gasteiger partial charge in [-0.2, -0.15) is 0 Å². The average Bonchev–Trinajstić information content (AvgIpc) is 2.51. The number of halogens is 1. The van der Waals surface area contributed by atoms with Crippen molar-refractivity contribution in [2.75, 3.05) is 31.1 Å². The van der Waals surface area contributed by atoms with Crippen molar-refractivity contribution >= 4 is 21.7 Å². The second-order valence-corrected chi connectivity index (χ2v) is 6.20. The Morgan fingerprint density at radius 2 is 1.80 bits per heavy atom. The number of nitrogens with one attached hydrogen (secondary N) is 2. The molecule has 1 fully saturated rings. The smallest absolute Gasteiger partial charge is 0.274 e. The molecule has 0 atom stereocenters. The molecule has 104 valence electrons. The van der Waals surface area contributed by atoms with Crippen molar-refractivity contribution < 1.29 is 9.88 Å². The lowest BCUT2D eigenvalue weighted by atomic mass is 10.2. The highest BCUT2D eigenvalue weighted by atomic mass is 79.9. The predicted molar refractivity (Wildman–Crippen MR) is 83.8 cm³/mol. The number of nitrogens with zero attached hydrogens (tertiary/aromatic N) is 1. The molecule has 0 saturated carbocycles. The number of rotatable bonds is 3. The summed E-state index contributed by atoms with van der Waals surface area (Å²) < 4.78 is 1.15. The second kappa shape index (κ2) is 6.37. The van der Waals surface area contributed by atoms with Crippen LogP contribution < -0.4 is 14.8 Å². The van der Waals surface area contributed by atoms with Gasteiger partial charge in [0.25, 0.3) is 5.82 Å². The van der Waals surface area contributed by atoms with Crippen molar-refractivity contribution in [3.8, 4) is 0 Å². The first-order chi connectivity index (χ1) is 9.81. The Morgan fingerprint density at radius 1 is 1.05 bits per heavy atom. The minimum atomic E-state index is 1.12. The van der Waals surface area contributed by atoms with Crippen LogP contribution in [0.25, 0.3) is 0 Å². The van der Waals surface area contributed by atoms with Gasteiger partial charge in [0, 0.05) is 16.1 Å². The van der Waals surface area contributed by atoms with E-state index in [2.05, 4.69) is 62.2 Å². The van der Waals surface area contributed by atoms with Crippen LogP contribution in [0.3, 0.4) is 0 Å². The first-order valence-electron chi connectivity index (χ1n) is 7.11. The molecule has 2 N–H and O–H groups in total. The Kier molecular flexibility index (Phi) is 4.33.